The van der Waals surface area contributed by atoms with Crippen molar-refractivity contribution in [2.45, 2.75) is 38.7 Å². The first-order valence-electron chi connectivity index (χ1n) is 11.3. The Morgan fingerprint density at radius 2 is 1.97 bits per heavy atom. The van der Waals surface area contributed by atoms with Gasteiger partial charge in [0.1, 0.15) is 5.82 Å². The van der Waals surface area contributed by atoms with Gasteiger partial charge in [-0.2, -0.15) is 0 Å². The molecule has 5 rings (SSSR count). The minimum atomic E-state index is -0.698. The number of hydrogen-bond acceptors (Lipinski definition) is 4. The van der Waals surface area contributed by atoms with E-state index in [1.807, 2.05) is 50.2 Å². The Labute approximate surface area is 192 Å². The van der Waals surface area contributed by atoms with Crippen molar-refractivity contribution in [3.05, 3.63) is 89.0 Å². The van der Waals surface area contributed by atoms with Crippen molar-refractivity contribution in [3.8, 4) is 11.1 Å². The molecule has 1 fully saturated rings. The second-order valence-electron chi connectivity index (χ2n) is 9.19. The molecule has 1 aromatic heterocycles. The minimum absolute atomic E-state index is 0.162. The zero-order valence-corrected chi connectivity index (χ0v) is 18.8. The first kappa shape index (κ1) is 21.3. The minimum Gasteiger partial charge on any atom is -0.382 e. The molecule has 6 heteroatoms. The number of halogens is 1. The number of hydrogen-bond donors (Lipinski definition) is 1. The van der Waals surface area contributed by atoms with Crippen LogP contribution in [0.5, 0.6) is 0 Å². The number of nitrogens with one attached hydrogen (secondary N) is 1. The molecular weight excluding hydrogens is 417 g/mol. The third kappa shape index (κ3) is 4.51. The molecule has 0 radical (unpaired) electrons. The van der Waals surface area contributed by atoms with Gasteiger partial charge < -0.3 is 10.2 Å². The van der Waals surface area contributed by atoms with Gasteiger partial charge in [0.15, 0.2) is 5.60 Å². The van der Waals surface area contributed by atoms with Crippen molar-refractivity contribution >= 4 is 11.6 Å². The Balaban J connectivity index is 1.51. The average molecular weight is 444 g/mol. The lowest BCUT2D eigenvalue weighted by Gasteiger charge is -2.20. The molecule has 0 spiro atoms. The lowest BCUT2D eigenvalue weighted by Crippen LogP contribution is -2.26. The van der Waals surface area contributed by atoms with E-state index in [2.05, 4.69) is 15.5 Å². The second-order valence-corrected chi connectivity index (χ2v) is 9.19. The van der Waals surface area contributed by atoms with Crippen LogP contribution >= 0.6 is 0 Å². The highest BCUT2D eigenvalue weighted by Gasteiger charge is 2.38. The number of aromatic nitrogens is 1. The third-order valence-electron chi connectivity index (χ3n) is 6.28. The van der Waals surface area contributed by atoms with Gasteiger partial charge in [-0.15, -0.1) is 0 Å². The van der Waals surface area contributed by atoms with Crippen LogP contribution in [0.25, 0.3) is 11.1 Å². The zero-order valence-electron chi connectivity index (χ0n) is 18.8. The Morgan fingerprint density at radius 1 is 1.15 bits per heavy atom. The van der Waals surface area contributed by atoms with Crippen LogP contribution < -0.4 is 5.32 Å². The van der Waals surface area contributed by atoms with Crippen molar-refractivity contribution in [2.24, 2.45) is 11.1 Å². The molecule has 1 unspecified atom stereocenters. The molecule has 1 amide bonds. The molecule has 2 aromatic carbocycles. The van der Waals surface area contributed by atoms with Gasteiger partial charge in [0.2, 0.25) is 0 Å². The maximum atomic E-state index is 14.8. The van der Waals surface area contributed by atoms with Crippen LogP contribution in [0.4, 0.5) is 4.39 Å². The normalized spacial score (nSPS) is 19.7. The lowest BCUT2D eigenvalue weighted by atomic mass is 9.90. The summed E-state index contributed by atoms with van der Waals surface area (Å²) < 4.78 is 14.8. The number of nitrogens with zero attached hydrogens (tertiary/aromatic N) is 2. The average Bonchev–Trinajstić information content (AvgIpc) is 3.57. The molecule has 3 aromatic rings. The van der Waals surface area contributed by atoms with E-state index in [0.717, 1.165) is 29.7 Å². The molecule has 1 saturated carbocycles. The summed E-state index contributed by atoms with van der Waals surface area (Å²) in [6.45, 7) is 4.46. The fourth-order valence-electron chi connectivity index (χ4n) is 4.10. The van der Waals surface area contributed by atoms with Crippen molar-refractivity contribution in [3.63, 3.8) is 0 Å². The second kappa shape index (κ2) is 8.43. The Hall–Kier alpha value is -3.54. The van der Waals surface area contributed by atoms with Gasteiger partial charge in [0, 0.05) is 35.9 Å². The fraction of sp³-hybridized carbons (Fsp3) is 0.296. The molecule has 168 valence electrons. The SMILES string of the molecule is Cc1ccc(-c2cc(C(=O)NCC3CC3)cc(C3=NOC(C)(c4ccccn4)C3)c2)c(F)c1. The third-order valence-corrected chi connectivity index (χ3v) is 6.28. The van der Waals surface area contributed by atoms with E-state index in [1.54, 1.807) is 18.3 Å². The summed E-state index contributed by atoms with van der Waals surface area (Å²) >= 11 is 0. The number of rotatable bonds is 6. The van der Waals surface area contributed by atoms with Gasteiger partial charge in [-0.3, -0.25) is 9.78 Å². The highest BCUT2D eigenvalue weighted by atomic mass is 19.1. The summed E-state index contributed by atoms with van der Waals surface area (Å²) in [6.07, 6.45) is 4.53. The maximum absolute atomic E-state index is 14.8. The van der Waals surface area contributed by atoms with Crippen molar-refractivity contribution in [1.82, 2.24) is 10.3 Å². The molecule has 1 aliphatic carbocycles. The van der Waals surface area contributed by atoms with Gasteiger partial charge in [-0.25, -0.2) is 4.39 Å². The highest BCUT2D eigenvalue weighted by molar-refractivity contribution is 6.05. The number of pyridine rings is 1. The molecule has 2 heterocycles. The van der Waals surface area contributed by atoms with E-state index < -0.39 is 5.60 Å². The number of benzene rings is 2. The standard InChI is InChI=1S/C27H26FN3O2/c1-17-6-9-22(23(28)11-17)19-12-20(14-21(13-19)26(32)30-16-18-7-8-18)24-15-27(2,33-31-24)25-5-3-4-10-29-25/h3-6,9-14,18H,7-8,15-16H2,1-2H3,(H,30,32). The van der Waals surface area contributed by atoms with Crippen LogP contribution in [0.2, 0.25) is 0 Å². The van der Waals surface area contributed by atoms with E-state index in [0.29, 0.717) is 41.3 Å². The van der Waals surface area contributed by atoms with Gasteiger partial charge in [0.25, 0.3) is 5.91 Å². The van der Waals surface area contributed by atoms with Crippen LogP contribution in [-0.4, -0.2) is 23.1 Å². The summed E-state index contributed by atoms with van der Waals surface area (Å²) in [6, 6.07) is 16.2. The highest BCUT2D eigenvalue weighted by Crippen LogP contribution is 2.36. The summed E-state index contributed by atoms with van der Waals surface area (Å²) in [7, 11) is 0. The molecule has 1 aliphatic heterocycles. The number of aryl methyl sites for hydroxylation is 1. The van der Waals surface area contributed by atoms with Crippen LogP contribution in [0, 0.1) is 18.7 Å². The van der Waals surface area contributed by atoms with E-state index >= 15 is 0 Å². The molecule has 33 heavy (non-hydrogen) atoms. The number of amides is 1. The topological polar surface area (TPSA) is 63.6 Å². The lowest BCUT2D eigenvalue weighted by molar-refractivity contribution is -0.0108. The Morgan fingerprint density at radius 3 is 2.70 bits per heavy atom. The predicted octanol–water partition coefficient (Wildman–Crippen LogP) is 5.38. The summed E-state index contributed by atoms with van der Waals surface area (Å²) in [5.74, 6) is 0.0850. The zero-order chi connectivity index (χ0) is 23.0. The summed E-state index contributed by atoms with van der Waals surface area (Å²) in [4.78, 5) is 23.2. The van der Waals surface area contributed by atoms with Gasteiger partial charge in [0.05, 0.1) is 11.4 Å². The molecule has 1 atom stereocenters. The summed E-state index contributed by atoms with van der Waals surface area (Å²) in [5.41, 5.74) is 3.94. The monoisotopic (exact) mass is 443 g/mol. The molecule has 1 N–H and O–H groups in total. The van der Waals surface area contributed by atoms with Crippen molar-refractivity contribution in [1.29, 1.82) is 0 Å². The smallest absolute Gasteiger partial charge is 0.251 e. The van der Waals surface area contributed by atoms with Gasteiger partial charge in [-0.05, 0) is 80.1 Å². The predicted molar refractivity (Wildman–Crippen MR) is 125 cm³/mol. The molecular formula is C27H26FN3O2. The first-order chi connectivity index (χ1) is 15.9. The van der Waals surface area contributed by atoms with Crippen LogP contribution in [-0.2, 0) is 10.4 Å². The number of carbonyl (C=O) groups excluding carboxylic acids is 1. The van der Waals surface area contributed by atoms with E-state index in [9.17, 15) is 9.18 Å². The molecule has 0 saturated heterocycles. The van der Waals surface area contributed by atoms with Crippen LogP contribution in [0.1, 0.15) is 53.4 Å². The van der Waals surface area contributed by atoms with Gasteiger partial charge in [-0.1, -0.05) is 23.4 Å². The molecule has 2 aliphatic rings. The van der Waals surface area contributed by atoms with Crippen molar-refractivity contribution in [2.75, 3.05) is 6.54 Å². The van der Waals surface area contributed by atoms with Crippen LogP contribution in [0.3, 0.4) is 0 Å². The van der Waals surface area contributed by atoms with Crippen molar-refractivity contribution < 1.29 is 14.0 Å². The van der Waals surface area contributed by atoms with E-state index in [-0.39, 0.29) is 11.7 Å². The van der Waals surface area contributed by atoms with Gasteiger partial charge >= 0.3 is 0 Å². The first-order valence-corrected chi connectivity index (χ1v) is 11.3. The Bertz CT molecular complexity index is 1240. The van der Waals surface area contributed by atoms with Crippen LogP contribution in [0.15, 0.2) is 65.9 Å². The number of carbonyl (C=O) groups is 1. The number of oxime groups is 1. The summed E-state index contributed by atoms with van der Waals surface area (Å²) in [5, 5.41) is 7.35. The molecule has 5 nitrogen and oxygen atoms in total. The fourth-order valence-corrected chi connectivity index (χ4v) is 4.10. The van der Waals surface area contributed by atoms with E-state index in [1.165, 1.54) is 6.07 Å². The Kier molecular flexibility index (Phi) is 5.44. The molecule has 0 bridgehead atoms. The largest absolute Gasteiger partial charge is 0.382 e. The van der Waals surface area contributed by atoms with E-state index in [4.69, 9.17) is 4.84 Å². The maximum Gasteiger partial charge on any atom is 0.251 e. The quantitative estimate of drug-likeness (QED) is 0.557.